The van der Waals surface area contributed by atoms with E-state index in [0.717, 1.165) is 37.7 Å². The summed E-state index contributed by atoms with van der Waals surface area (Å²) in [5.74, 6) is 1.30. The van der Waals surface area contributed by atoms with Gasteiger partial charge in [0, 0.05) is 0 Å². The van der Waals surface area contributed by atoms with Crippen molar-refractivity contribution in [1.82, 2.24) is 0 Å². The van der Waals surface area contributed by atoms with E-state index in [2.05, 4.69) is 6.92 Å². The molecule has 0 spiro atoms. The molecule has 28 heavy (non-hydrogen) atoms. The van der Waals surface area contributed by atoms with Crippen LogP contribution in [0.5, 0.6) is 5.75 Å². The average Bonchev–Trinajstić information content (AvgIpc) is 2.88. The molecule has 5 unspecified atom stereocenters. The van der Waals surface area contributed by atoms with Crippen LogP contribution in [0.25, 0.3) is 0 Å². The predicted octanol–water partition coefficient (Wildman–Crippen LogP) is 3.49. The highest BCUT2D eigenvalue weighted by atomic mass is 31.2. The van der Waals surface area contributed by atoms with E-state index in [0.29, 0.717) is 24.2 Å². The quantitative estimate of drug-likeness (QED) is 0.532. The maximum Gasteiger partial charge on any atom is 0.524 e. The summed E-state index contributed by atoms with van der Waals surface area (Å²) < 4.78 is 32.4. The Morgan fingerprint density at radius 1 is 1.04 bits per heavy atom. The minimum absolute atomic E-state index is 0.183. The summed E-state index contributed by atoms with van der Waals surface area (Å²) in [4.78, 5) is 36.6. The van der Waals surface area contributed by atoms with E-state index in [-0.39, 0.29) is 11.2 Å². The normalized spacial score (nSPS) is 35.0. The van der Waals surface area contributed by atoms with Crippen LogP contribution in [-0.2, 0) is 20.1 Å². The van der Waals surface area contributed by atoms with Gasteiger partial charge >= 0.3 is 15.6 Å². The second kappa shape index (κ2) is 6.92. The minimum Gasteiger partial charge on any atom is -0.404 e. The zero-order valence-corrected chi connectivity index (χ0v) is 17.4. The smallest absolute Gasteiger partial charge is 0.404 e. The molecule has 2 fully saturated rings. The Morgan fingerprint density at radius 3 is 2.46 bits per heavy atom. The number of hydrogen-bond donors (Lipinski definition) is 4. The number of phosphoric acid groups is 2. The molecule has 0 radical (unpaired) electrons. The van der Waals surface area contributed by atoms with Crippen LogP contribution >= 0.6 is 15.6 Å². The topological polar surface area (TPSA) is 134 Å². The summed E-state index contributed by atoms with van der Waals surface area (Å²) in [5.41, 5.74) is 2.04. The third-order valence-corrected chi connectivity index (χ3v) is 8.08. The lowest BCUT2D eigenvalue weighted by molar-refractivity contribution is -0.0217. The van der Waals surface area contributed by atoms with E-state index < -0.39 is 21.7 Å². The molecule has 3 aliphatic rings. The zero-order valence-electron chi connectivity index (χ0n) is 15.6. The average molecular weight is 432 g/mol. The van der Waals surface area contributed by atoms with Crippen molar-refractivity contribution in [2.75, 3.05) is 0 Å². The van der Waals surface area contributed by atoms with Gasteiger partial charge in [0.25, 0.3) is 0 Å². The van der Waals surface area contributed by atoms with Gasteiger partial charge in [0.15, 0.2) is 0 Å². The van der Waals surface area contributed by atoms with Crippen molar-refractivity contribution in [3.63, 3.8) is 0 Å². The Morgan fingerprint density at radius 2 is 1.79 bits per heavy atom. The Kier molecular flexibility index (Phi) is 5.08. The lowest BCUT2D eigenvalue weighted by Gasteiger charge is -2.50. The van der Waals surface area contributed by atoms with Crippen molar-refractivity contribution in [2.45, 2.75) is 57.5 Å². The van der Waals surface area contributed by atoms with E-state index >= 15 is 0 Å². The second-order valence-corrected chi connectivity index (χ2v) is 10.9. The first kappa shape index (κ1) is 20.5. The number of phosphoric ester groups is 2. The van der Waals surface area contributed by atoms with Crippen LogP contribution in [-0.4, -0.2) is 25.7 Å². The zero-order chi connectivity index (χ0) is 20.3. The van der Waals surface area contributed by atoms with E-state index in [1.54, 1.807) is 12.1 Å². The van der Waals surface area contributed by atoms with Gasteiger partial charge in [0.2, 0.25) is 0 Å². The molecule has 2 saturated carbocycles. The Balaban J connectivity index is 1.57. The van der Waals surface area contributed by atoms with Crippen molar-refractivity contribution in [2.24, 2.45) is 17.3 Å². The third kappa shape index (κ3) is 3.84. The highest BCUT2D eigenvalue weighted by Crippen LogP contribution is 2.63. The van der Waals surface area contributed by atoms with Crippen molar-refractivity contribution in [3.8, 4) is 5.75 Å². The van der Waals surface area contributed by atoms with Gasteiger partial charge in [-0.05, 0) is 85.0 Å². The summed E-state index contributed by atoms with van der Waals surface area (Å²) >= 11 is 0. The largest absolute Gasteiger partial charge is 0.524 e. The fraction of sp³-hybridized carbons (Fsp3) is 0.667. The lowest BCUT2D eigenvalue weighted by Crippen LogP contribution is -2.44. The molecule has 0 saturated heterocycles. The van der Waals surface area contributed by atoms with Gasteiger partial charge in [-0.3, -0.25) is 14.3 Å². The van der Waals surface area contributed by atoms with Crippen molar-refractivity contribution in [1.29, 1.82) is 0 Å². The fourth-order valence-corrected chi connectivity index (χ4v) is 7.11. The first-order valence-electron chi connectivity index (χ1n) is 9.58. The molecule has 3 aliphatic carbocycles. The summed E-state index contributed by atoms with van der Waals surface area (Å²) in [7, 11) is -9.09. The van der Waals surface area contributed by atoms with Crippen LogP contribution in [0.4, 0.5) is 0 Å². The summed E-state index contributed by atoms with van der Waals surface area (Å²) in [6.45, 7) is 2.10. The molecule has 4 N–H and O–H groups in total. The molecule has 0 aliphatic heterocycles. The van der Waals surface area contributed by atoms with E-state index in [9.17, 15) is 18.9 Å². The van der Waals surface area contributed by atoms with Gasteiger partial charge in [-0.15, -0.1) is 0 Å². The molecule has 0 amide bonds. The number of rotatable bonds is 4. The number of fused-ring (bicyclic) bond motifs is 5. The molecule has 156 valence electrons. The maximum atomic E-state index is 11.4. The molecule has 0 bridgehead atoms. The Labute approximate surface area is 163 Å². The molecule has 1 aromatic rings. The highest BCUT2D eigenvalue weighted by Gasteiger charge is 2.56. The molecule has 4 rings (SSSR count). The van der Waals surface area contributed by atoms with E-state index in [4.69, 9.17) is 18.8 Å². The molecule has 1 aromatic carbocycles. The number of benzene rings is 1. The fourth-order valence-electron chi connectivity index (χ4n) is 6.04. The van der Waals surface area contributed by atoms with Crippen LogP contribution in [0, 0.1) is 17.3 Å². The molecule has 5 atom stereocenters. The predicted molar refractivity (Wildman–Crippen MR) is 101 cm³/mol. The van der Waals surface area contributed by atoms with E-state index in [1.165, 1.54) is 5.56 Å². The first-order valence-corrected chi connectivity index (χ1v) is 12.6. The van der Waals surface area contributed by atoms with Gasteiger partial charge in [0.1, 0.15) is 5.75 Å². The standard InChI is InChI=1S/C18H26O8P2/c1-18-9-8-14-13-5-3-12(25-27(19,20)21)10-11(13)2-4-15(14)16(18)6-7-17(18)26-28(22,23)24/h3,5,10,14-17H,2,4,6-9H2,1H3,(H2,19,20,21)(H2,22,23,24). The van der Waals surface area contributed by atoms with Crippen molar-refractivity contribution < 1.29 is 37.8 Å². The molecule has 8 nitrogen and oxygen atoms in total. The van der Waals surface area contributed by atoms with Crippen molar-refractivity contribution >= 4 is 15.6 Å². The molecular formula is C18H26O8P2. The molecule has 0 heterocycles. The molecular weight excluding hydrogens is 406 g/mol. The van der Waals surface area contributed by atoms with Crippen LogP contribution in [0.15, 0.2) is 18.2 Å². The summed E-state index contributed by atoms with van der Waals surface area (Å²) in [5, 5.41) is 0. The number of hydrogen-bond acceptors (Lipinski definition) is 4. The highest BCUT2D eigenvalue weighted by molar-refractivity contribution is 7.46. The number of aryl methyl sites for hydroxylation is 1. The monoisotopic (exact) mass is 432 g/mol. The first-order chi connectivity index (χ1) is 13.0. The SMILES string of the molecule is CC12CCC3c4ccc(OP(=O)(O)O)cc4CCC3C1CCC2OP(=O)(O)O. The van der Waals surface area contributed by atoms with Gasteiger partial charge in [-0.2, -0.15) is 0 Å². The van der Waals surface area contributed by atoms with Crippen molar-refractivity contribution in [3.05, 3.63) is 29.3 Å². The van der Waals surface area contributed by atoms with Crippen LogP contribution in [0.2, 0.25) is 0 Å². The van der Waals surface area contributed by atoms with Crippen LogP contribution in [0.1, 0.15) is 56.1 Å². The van der Waals surface area contributed by atoms with Gasteiger partial charge < -0.3 is 14.3 Å². The molecule has 10 heteroatoms. The second-order valence-electron chi connectivity index (χ2n) is 8.56. The van der Waals surface area contributed by atoms with E-state index in [1.807, 2.05) is 6.07 Å². The minimum atomic E-state index is -4.58. The van der Waals surface area contributed by atoms with Gasteiger partial charge in [-0.1, -0.05) is 13.0 Å². The molecule has 0 aromatic heterocycles. The Hall–Kier alpha value is -0.720. The Bertz CT molecular complexity index is 861. The van der Waals surface area contributed by atoms with Gasteiger partial charge in [-0.25, -0.2) is 9.13 Å². The maximum absolute atomic E-state index is 11.4. The lowest BCUT2D eigenvalue weighted by atomic mass is 9.55. The van der Waals surface area contributed by atoms with Crippen LogP contribution < -0.4 is 4.52 Å². The van der Waals surface area contributed by atoms with Gasteiger partial charge in [0.05, 0.1) is 6.10 Å². The summed E-state index contributed by atoms with van der Waals surface area (Å²) in [6.07, 6.45) is 4.63. The van der Waals surface area contributed by atoms with Crippen LogP contribution in [0.3, 0.4) is 0 Å². The summed E-state index contributed by atoms with van der Waals surface area (Å²) in [6, 6.07) is 5.26. The third-order valence-electron chi connectivity index (χ3n) is 7.10.